The number of hydrogen-bond donors (Lipinski definition) is 2. The Hall–Kier alpha value is -1.26. The van der Waals surface area contributed by atoms with Gasteiger partial charge in [-0.3, -0.25) is 4.79 Å². The van der Waals surface area contributed by atoms with E-state index in [2.05, 4.69) is 0 Å². The fourth-order valence-corrected chi connectivity index (χ4v) is 3.08. The Balaban J connectivity index is 2.62. The number of amides is 2. The molecule has 0 spiro atoms. The van der Waals surface area contributed by atoms with E-state index in [1.165, 1.54) is 6.42 Å². The summed E-state index contributed by atoms with van der Waals surface area (Å²) in [6.45, 7) is 3.69. The van der Waals surface area contributed by atoms with Gasteiger partial charge in [0.05, 0.1) is 0 Å². The molecule has 19 heavy (non-hydrogen) atoms. The van der Waals surface area contributed by atoms with Gasteiger partial charge in [0.25, 0.3) is 0 Å². The molecule has 0 bridgehead atoms. The summed E-state index contributed by atoms with van der Waals surface area (Å²) < 4.78 is 5.10. The summed E-state index contributed by atoms with van der Waals surface area (Å²) in [6.07, 6.45) is 6.79. The summed E-state index contributed by atoms with van der Waals surface area (Å²) in [7, 11) is 0. The van der Waals surface area contributed by atoms with Crippen molar-refractivity contribution in [1.29, 1.82) is 0 Å². The number of rotatable bonds is 6. The van der Waals surface area contributed by atoms with E-state index in [0.29, 0.717) is 12.8 Å². The molecule has 4 N–H and O–H groups in total. The van der Waals surface area contributed by atoms with Crippen molar-refractivity contribution in [1.82, 2.24) is 0 Å². The highest BCUT2D eigenvalue weighted by Crippen LogP contribution is 2.44. The smallest absolute Gasteiger partial charge is 0.405 e. The molecule has 1 aliphatic carbocycles. The normalized spacial score (nSPS) is 18.8. The van der Waals surface area contributed by atoms with E-state index >= 15 is 0 Å². The van der Waals surface area contributed by atoms with Crippen molar-refractivity contribution in [2.45, 2.75) is 70.8 Å². The molecule has 1 saturated carbocycles. The Morgan fingerprint density at radius 3 is 2.21 bits per heavy atom. The number of primary amides is 2. The first-order chi connectivity index (χ1) is 8.75. The van der Waals surface area contributed by atoms with Crippen molar-refractivity contribution in [2.24, 2.45) is 16.9 Å². The van der Waals surface area contributed by atoms with Gasteiger partial charge in [-0.1, -0.05) is 19.3 Å². The molecule has 0 aromatic rings. The molecule has 0 saturated heterocycles. The first kappa shape index (κ1) is 15.8. The molecule has 0 aromatic carbocycles. The molecule has 1 fully saturated rings. The van der Waals surface area contributed by atoms with Gasteiger partial charge in [0, 0.05) is 6.42 Å². The van der Waals surface area contributed by atoms with E-state index < -0.39 is 11.7 Å². The molecule has 110 valence electrons. The third-order valence-corrected chi connectivity index (χ3v) is 4.10. The van der Waals surface area contributed by atoms with Gasteiger partial charge >= 0.3 is 6.09 Å². The first-order valence-electron chi connectivity index (χ1n) is 7.02. The molecule has 2 amide bonds. The van der Waals surface area contributed by atoms with Gasteiger partial charge in [-0.15, -0.1) is 0 Å². The summed E-state index contributed by atoms with van der Waals surface area (Å²) in [5.74, 6) is -0.240. The molecule has 0 atom stereocenters. The van der Waals surface area contributed by atoms with Gasteiger partial charge in [0.2, 0.25) is 5.91 Å². The SMILES string of the molecule is CC(C)(CCC1(CC(N)=O)CCCCC1)OC(N)=O. The zero-order valence-corrected chi connectivity index (χ0v) is 12.0. The minimum atomic E-state index is -0.752. The molecule has 0 heterocycles. The van der Waals surface area contributed by atoms with Crippen LogP contribution in [-0.2, 0) is 9.53 Å². The second kappa shape index (κ2) is 6.26. The highest BCUT2D eigenvalue weighted by molar-refractivity contribution is 5.74. The van der Waals surface area contributed by atoms with Crippen LogP contribution in [-0.4, -0.2) is 17.6 Å². The monoisotopic (exact) mass is 270 g/mol. The van der Waals surface area contributed by atoms with Crippen LogP contribution in [0.15, 0.2) is 0 Å². The molecular weight excluding hydrogens is 244 g/mol. The highest BCUT2D eigenvalue weighted by Gasteiger charge is 2.36. The second-order valence-electron chi connectivity index (χ2n) is 6.38. The van der Waals surface area contributed by atoms with Crippen molar-refractivity contribution >= 4 is 12.0 Å². The maximum Gasteiger partial charge on any atom is 0.405 e. The van der Waals surface area contributed by atoms with Gasteiger partial charge in [-0.2, -0.15) is 0 Å². The number of ether oxygens (including phenoxy) is 1. The largest absolute Gasteiger partial charge is 0.444 e. The zero-order valence-electron chi connectivity index (χ0n) is 12.0. The maximum atomic E-state index is 11.3. The van der Waals surface area contributed by atoms with E-state index in [4.69, 9.17) is 16.2 Å². The van der Waals surface area contributed by atoms with E-state index in [-0.39, 0.29) is 11.3 Å². The van der Waals surface area contributed by atoms with Gasteiger partial charge in [0.1, 0.15) is 5.60 Å². The predicted octanol–water partition coefficient (Wildman–Crippen LogP) is 2.47. The van der Waals surface area contributed by atoms with E-state index in [0.717, 1.165) is 32.1 Å². The molecule has 0 unspecified atom stereocenters. The van der Waals surface area contributed by atoms with Crippen LogP contribution in [0.3, 0.4) is 0 Å². The van der Waals surface area contributed by atoms with Crippen LogP contribution in [0, 0.1) is 5.41 Å². The molecular formula is C14H26N2O3. The van der Waals surface area contributed by atoms with Gasteiger partial charge < -0.3 is 16.2 Å². The fourth-order valence-electron chi connectivity index (χ4n) is 3.08. The van der Waals surface area contributed by atoms with Crippen molar-refractivity contribution in [3.05, 3.63) is 0 Å². The Morgan fingerprint density at radius 1 is 1.16 bits per heavy atom. The van der Waals surface area contributed by atoms with E-state index in [9.17, 15) is 9.59 Å². The van der Waals surface area contributed by atoms with Gasteiger partial charge in [-0.25, -0.2) is 4.79 Å². The third kappa shape index (κ3) is 5.49. The zero-order chi connectivity index (χ0) is 14.5. The molecule has 1 aliphatic rings. The Bertz CT molecular complexity index is 334. The molecule has 1 rings (SSSR count). The lowest BCUT2D eigenvalue weighted by atomic mass is 9.68. The maximum absolute atomic E-state index is 11.3. The van der Waals surface area contributed by atoms with Crippen LogP contribution in [0.5, 0.6) is 0 Å². The average Bonchev–Trinajstić information content (AvgIpc) is 2.25. The summed E-state index contributed by atoms with van der Waals surface area (Å²) >= 11 is 0. The number of carbonyl (C=O) groups excluding carboxylic acids is 2. The summed E-state index contributed by atoms with van der Waals surface area (Å²) in [4.78, 5) is 22.1. The topological polar surface area (TPSA) is 95.4 Å². The fraction of sp³-hybridized carbons (Fsp3) is 0.857. The summed E-state index contributed by atoms with van der Waals surface area (Å²) in [5, 5.41) is 0. The van der Waals surface area contributed by atoms with Crippen LogP contribution in [0.2, 0.25) is 0 Å². The van der Waals surface area contributed by atoms with E-state index in [1.807, 2.05) is 13.8 Å². The Labute approximate surface area is 115 Å². The van der Waals surface area contributed by atoms with Crippen LogP contribution < -0.4 is 11.5 Å². The minimum absolute atomic E-state index is 0.0115. The van der Waals surface area contributed by atoms with Crippen molar-refractivity contribution in [2.75, 3.05) is 0 Å². The van der Waals surface area contributed by atoms with E-state index in [1.54, 1.807) is 0 Å². The molecule has 5 nitrogen and oxygen atoms in total. The van der Waals surface area contributed by atoms with Crippen LogP contribution in [0.4, 0.5) is 4.79 Å². The third-order valence-electron chi connectivity index (χ3n) is 4.10. The lowest BCUT2D eigenvalue weighted by Gasteiger charge is -2.38. The standard InChI is InChI=1S/C14H26N2O3/c1-13(2,19-12(16)18)8-9-14(10-11(15)17)6-4-3-5-7-14/h3-10H2,1-2H3,(H2,15,17)(H2,16,18). The number of hydrogen-bond acceptors (Lipinski definition) is 3. The predicted molar refractivity (Wildman–Crippen MR) is 73.3 cm³/mol. The van der Waals surface area contributed by atoms with Crippen LogP contribution >= 0.6 is 0 Å². The summed E-state index contributed by atoms with van der Waals surface area (Å²) in [5.41, 5.74) is 9.85. The quantitative estimate of drug-likeness (QED) is 0.776. The van der Waals surface area contributed by atoms with Crippen molar-refractivity contribution in [3.63, 3.8) is 0 Å². The first-order valence-corrected chi connectivity index (χ1v) is 7.02. The lowest BCUT2D eigenvalue weighted by molar-refractivity contribution is -0.121. The molecule has 0 aliphatic heterocycles. The van der Waals surface area contributed by atoms with Crippen LogP contribution in [0.1, 0.15) is 65.2 Å². The molecule has 0 aromatic heterocycles. The average molecular weight is 270 g/mol. The number of carbonyl (C=O) groups is 2. The van der Waals surface area contributed by atoms with Gasteiger partial charge in [-0.05, 0) is 44.9 Å². The minimum Gasteiger partial charge on any atom is -0.444 e. The summed E-state index contributed by atoms with van der Waals surface area (Å²) in [6, 6.07) is 0. The highest BCUT2D eigenvalue weighted by atomic mass is 16.6. The molecule has 0 radical (unpaired) electrons. The number of nitrogens with two attached hydrogens (primary N) is 2. The van der Waals surface area contributed by atoms with Crippen molar-refractivity contribution < 1.29 is 14.3 Å². The lowest BCUT2D eigenvalue weighted by Crippen LogP contribution is -2.36. The van der Waals surface area contributed by atoms with Crippen LogP contribution in [0.25, 0.3) is 0 Å². The Morgan fingerprint density at radius 2 is 1.74 bits per heavy atom. The van der Waals surface area contributed by atoms with Crippen molar-refractivity contribution in [3.8, 4) is 0 Å². The van der Waals surface area contributed by atoms with Gasteiger partial charge in [0.15, 0.2) is 0 Å². The Kier molecular flexibility index (Phi) is 5.20. The second-order valence-corrected chi connectivity index (χ2v) is 6.38. The molecule has 5 heteroatoms.